The Labute approximate surface area is 209 Å². The molecule has 0 atom stereocenters. The van der Waals surface area contributed by atoms with Crippen LogP contribution in [0.15, 0.2) is 29.3 Å². The fraction of sp³-hybridized carbons (Fsp3) is 0.522. The quantitative estimate of drug-likeness (QED) is 0.442. The van der Waals surface area contributed by atoms with Gasteiger partial charge in [0.25, 0.3) is 5.56 Å². The van der Waals surface area contributed by atoms with Crippen LogP contribution in [-0.2, 0) is 27.0 Å². The van der Waals surface area contributed by atoms with E-state index in [-0.39, 0.29) is 37.6 Å². The molecule has 0 saturated carbocycles. The first kappa shape index (κ1) is 25.1. The fourth-order valence-corrected chi connectivity index (χ4v) is 4.42. The molecule has 3 aromatic rings. The van der Waals surface area contributed by atoms with Crippen molar-refractivity contribution in [3.05, 3.63) is 46.1 Å². The average Bonchev–Trinajstić information content (AvgIpc) is 3.24. The van der Waals surface area contributed by atoms with Crippen LogP contribution >= 0.6 is 0 Å². The molecule has 0 aliphatic carbocycles. The highest BCUT2D eigenvalue weighted by molar-refractivity contribution is 5.80. The molecule has 2 aliphatic heterocycles. The molecule has 2 fully saturated rings. The van der Waals surface area contributed by atoms with Gasteiger partial charge in [-0.25, -0.2) is 10.1 Å². The maximum atomic E-state index is 13.3. The largest absolute Gasteiger partial charge is 0.435 e. The number of rotatable bonds is 8. The molecule has 1 amide bonds. The van der Waals surface area contributed by atoms with Gasteiger partial charge in [-0.1, -0.05) is 6.07 Å². The first-order valence-corrected chi connectivity index (χ1v) is 12.0. The van der Waals surface area contributed by atoms with Crippen LogP contribution in [0.2, 0.25) is 0 Å². The topological polar surface area (TPSA) is 118 Å². The van der Waals surface area contributed by atoms with Crippen molar-refractivity contribution < 1.29 is 27.4 Å². The molecular weight excluding hydrogens is 495 g/mol. The molecule has 37 heavy (non-hydrogen) atoms. The van der Waals surface area contributed by atoms with Crippen LogP contribution in [0.3, 0.4) is 0 Å². The predicted octanol–water partition coefficient (Wildman–Crippen LogP) is 1.40. The number of hydrogen-bond donors (Lipinski definition) is 1. The van der Waals surface area contributed by atoms with Crippen molar-refractivity contribution in [1.29, 1.82) is 0 Å². The van der Waals surface area contributed by atoms with E-state index in [0.717, 1.165) is 29.9 Å². The number of carbonyl (C=O) groups excluding carboxylic acids is 1. The number of nitrogens with zero attached hydrogens (tertiary/aromatic N) is 6. The molecule has 0 aromatic carbocycles. The normalized spacial score (nSPS) is 16.8. The summed E-state index contributed by atoms with van der Waals surface area (Å²) in [7, 11) is 0. The lowest BCUT2D eigenvalue weighted by Crippen LogP contribution is -2.49. The Balaban J connectivity index is 1.06. The zero-order chi connectivity index (χ0) is 26.0. The summed E-state index contributed by atoms with van der Waals surface area (Å²) in [5, 5.41) is 8.54. The van der Waals surface area contributed by atoms with Crippen molar-refractivity contribution in [2.24, 2.45) is 0 Å². The third-order valence-corrected chi connectivity index (χ3v) is 6.58. The van der Waals surface area contributed by atoms with E-state index in [2.05, 4.69) is 26.1 Å². The van der Waals surface area contributed by atoms with Crippen LogP contribution in [0.25, 0.3) is 10.9 Å². The second-order valence-corrected chi connectivity index (χ2v) is 8.94. The number of anilines is 1. The summed E-state index contributed by atoms with van der Waals surface area (Å²) in [5.41, 5.74) is -1.08. The van der Waals surface area contributed by atoms with Crippen LogP contribution in [0, 0.1) is 0 Å². The standard InChI is InChI=1S/C23H26F3N7O4/c24-23(25,26)21-20-17(12-28-29-22(20)35)33(30-21)8-10-36-9-3-19(34)32-6-4-31(5-7-32)18-2-1-15(11-27-18)16-13-37-14-16/h1-2,11-12,16H,3-10,13-14H2,(H,29,35). The Morgan fingerprint density at radius 3 is 2.57 bits per heavy atom. The average molecular weight is 522 g/mol. The lowest BCUT2D eigenvalue weighted by atomic mass is 10.00. The van der Waals surface area contributed by atoms with Gasteiger partial charge in [-0.3, -0.25) is 14.3 Å². The van der Waals surface area contributed by atoms with Gasteiger partial charge in [-0.15, -0.1) is 0 Å². The van der Waals surface area contributed by atoms with E-state index in [0.29, 0.717) is 32.1 Å². The number of ether oxygens (including phenoxy) is 2. The number of piperazine rings is 1. The Morgan fingerprint density at radius 2 is 1.92 bits per heavy atom. The molecule has 5 rings (SSSR count). The number of alkyl halides is 3. The number of aromatic amines is 1. The molecule has 0 spiro atoms. The first-order chi connectivity index (χ1) is 17.8. The van der Waals surface area contributed by atoms with Gasteiger partial charge in [0, 0.05) is 38.3 Å². The monoisotopic (exact) mass is 521 g/mol. The highest BCUT2D eigenvalue weighted by atomic mass is 19.4. The zero-order valence-corrected chi connectivity index (χ0v) is 19.9. The maximum Gasteiger partial charge on any atom is 0.435 e. The second-order valence-electron chi connectivity index (χ2n) is 8.94. The predicted molar refractivity (Wildman–Crippen MR) is 125 cm³/mol. The minimum atomic E-state index is -4.78. The van der Waals surface area contributed by atoms with E-state index in [4.69, 9.17) is 9.47 Å². The first-order valence-electron chi connectivity index (χ1n) is 12.0. The number of hydrogen-bond acceptors (Lipinski definition) is 8. The SMILES string of the molecule is O=C(CCOCCn1nc(C(F)(F)F)c2c(=O)[nH]ncc21)N1CCN(c2ccc(C3COC3)cn2)CC1. The van der Waals surface area contributed by atoms with Gasteiger partial charge in [0.15, 0.2) is 5.69 Å². The minimum Gasteiger partial charge on any atom is -0.380 e. The van der Waals surface area contributed by atoms with Crippen LogP contribution in [0.4, 0.5) is 19.0 Å². The van der Waals surface area contributed by atoms with E-state index in [1.54, 1.807) is 4.90 Å². The van der Waals surface area contributed by atoms with Gasteiger partial charge in [0.2, 0.25) is 5.91 Å². The van der Waals surface area contributed by atoms with Crippen molar-refractivity contribution in [2.75, 3.05) is 57.5 Å². The Kier molecular flexibility index (Phi) is 7.11. The third kappa shape index (κ3) is 5.44. The van der Waals surface area contributed by atoms with Gasteiger partial charge in [0.05, 0.1) is 51.1 Å². The lowest BCUT2D eigenvalue weighted by Gasteiger charge is -2.35. The molecule has 3 aromatic heterocycles. The van der Waals surface area contributed by atoms with Crippen molar-refractivity contribution in [3.8, 4) is 0 Å². The molecule has 14 heteroatoms. The number of fused-ring (bicyclic) bond motifs is 1. The summed E-state index contributed by atoms with van der Waals surface area (Å²) in [6.07, 6.45) is -1.61. The Morgan fingerprint density at radius 1 is 1.14 bits per heavy atom. The Hall–Kier alpha value is -3.52. The molecule has 0 radical (unpaired) electrons. The third-order valence-electron chi connectivity index (χ3n) is 6.58. The van der Waals surface area contributed by atoms with Gasteiger partial charge in [-0.05, 0) is 11.6 Å². The number of nitrogens with one attached hydrogen (secondary N) is 1. The van der Waals surface area contributed by atoms with Crippen molar-refractivity contribution in [1.82, 2.24) is 29.9 Å². The molecule has 5 heterocycles. The van der Waals surface area contributed by atoms with Gasteiger partial charge in [0.1, 0.15) is 11.2 Å². The number of pyridine rings is 1. The van der Waals surface area contributed by atoms with Gasteiger partial charge < -0.3 is 19.3 Å². The molecule has 198 valence electrons. The fourth-order valence-electron chi connectivity index (χ4n) is 4.42. The van der Waals surface area contributed by atoms with Crippen LogP contribution in [0.1, 0.15) is 23.6 Å². The molecule has 2 saturated heterocycles. The summed E-state index contributed by atoms with van der Waals surface area (Å²) in [6, 6.07) is 4.08. The summed E-state index contributed by atoms with van der Waals surface area (Å²) < 4.78 is 51.6. The molecular formula is C23H26F3N7O4. The van der Waals surface area contributed by atoms with Crippen LogP contribution < -0.4 is 10.5 Å². The highest BCUT2D eigenvalue weighted by Gasteiger charge is 2.38. The van der Waals surface area contributed by atoms with E-state index in [1.165, 1.54) is 5.56 Å². The van der Waals surface area contributed by atoms with E-state index < -0.39 is 22.8 Å². The van der Waals surface area contributed by atoms with E-state index >= 15 is 0 Å². The highest BCUT2D eigenvalue weighted by Crippen LogP contribution is 2.32. The number of aromatic nitrogens is 5. The van der Waals surface area contributed by atoms with Gasteiger partial charge >= 0.3 is 6.18 Å². The maximum absolute atomic E-state index is 13.3. The van der Waals surface area contributed by atoms with Crippen molar-refractivity contribution in [3.63, 3.8) is 0 Å². The molecule has 2 aliphatic rings. The second kappa shape index (κ2) is 10.5. The van der Waals surface area contributed by atoms with E-state index in [1.807, 2.05) is 17.4 Å². The summed E-state index contributed by atoms with van der Waals surface area (Å²) in [5.74, 6) is 1.26. The molecule has 11 nitrogen and oxygen atoms in total. The lowest BCUT2D eigenvalue weighted by molar-refractivity contribution is -0.140. The van der Waals surface area contributed by atoms with Crippen molar-refractivity contribution in [2.45, 2.75) is 25.1 Å². The molecule has 0 unspecified atom stereocenters. The molecule has 1 N–H and O–H groups in total. The molecule has 0 bridgehead atoms. The van der Waals surface area contributed by atoms with E-state index in [9.17, 15) is 22.8 Å². The van der Waals surface area contributed by atoms with Crippen molar-refractivity contribution >= 4 is 22.6 Å². The van der Waals surface area contributed by atoms with Crippen LogP contribution in [-0.4, -0.2) is 88.4 Å². The summed E-state index contributed by atoms with van der Waals surface area (Å²) >= 11 is 0. The number of amides is 1. The summed E-state index contributed by atoms with van der Waals surface area (Å²) in [4.78, 5) is 32.9. The smallest absolute Gasteiger partial charge is 0.380 e. The van der Waals surface area contributed by atoms with Crippen LogP contribution in [0.5, 0.6) is 0 Å². The number of carbonyl (C=O) groups is 1. The summed E-state index contributed by atoms with van der Waals surface area (Å²) in [6.45, 7) is 4.09. The Bertz CT molecular complexity index is 1300. The number of H-pyrrole nitrogens is 1. The van der Waals surface area contributed by atoms with Gasteiger partial charge in [-0.2, -0.15) is 23.4 Å². The number of halogens is 3. The zero-order valence-electron chi connectivity index (χ0n) is 19.9. The minimum absolute atomic E-state index is 0.0237.